The highest BCUT2D eigenvalue weighted by molar-refractivity contribution is 5.72. The molecule has 38 heavy (non-hydrogen) atoms. The maximum atomic E-state index is 9.83. The van der Waals surface area contributed by atoms with E-state index in [1.807, 2.05) is 24.3 Å². The van der Waals surface area contributed by atoms with E-state index < -0.39 is 0 Å². The van der Waals surface area contributed by atoms with Gasteiger partial charge in [-0.15, -0.1) is 10.2 Å². The number of hydrogen-bond acceptors (Lipinski definition) is 6. The maximum Gasteiger partial charge on any atom is 0.185 e. The van der Waals surface area contributed by atoms with Crippen molar-refractivity contribution in [2.45, 2.75) is 31.9 Å². The molecule has 3 aliphatic heterocycles. The van der Waals surface area contributed by atoms with Crippen LogP contribution >= 0.6 is 0 Å². The van der Waals surface area contributed by atoms with Gasteiger partial charge in [0.1, 0.15) is 6.33 Å². The van der Waals surface area contributed by atoms with Crippen LogP contribution in [0, 0.1) is 17.2 Å². The summed E-state index contributed by atoms with van der Waals surface area (Å²) in [5, 5.41) is 27.7. The van der Waals surface area contributed by atoms with Crippen LogP contribution in [0.1, 0.15) is 30.4 Å². The number of fused-ring (bicyclic) bond motifs is 5. The number of benzene rings is 2. The number of aromatic nitrogens is 4. The maximum absolute atomic E-state index is 9.83. The molecule has 2 fully saturated rings. The first-order chi connectivity index (χ1) is 18.6. The fraction of sp³-hybridized carbons (Fsp3) is 0.367. The summed E-state index contributed by atoms with van der Waals surface area (Å²) in [7, 11) is 0. The molecular weight excluding hydrogens is 474 g/mol. The summed E-state index contributed by atoms with van der Waals surface area (Å²) in [6, 6.07) is 18.9. The van der Waals surface area contributed by atoms with Crippen molar-refractivity contribution in [1.82, 2.24) is 24.2 Å². The van der Waals surface area contributed by atoms with Gasteiger partial charge in [-0.05, 0) is 72.7 Å². The van der Waals surface area contributed by atoms with Crippen LogP contribution in [0.3, 0.4) is 0 Å². The van der Waals surface area contributed by atoms with Crippen molar-refractivity contribution < 1.29 is 5.11 Å². The van der Waals surface area contributed by atoms with Crippen LogP contribution < -0.4 is 4.90 Å². The van der Waals surface area contributed by atoms with Crippen LogP contribution in [0.5, 0.6) is 0 Å². The van der Waals surface area contributed by atoms with E-state index in [4.69, 9.17) is 5.26 Å². The second kappa shape index (κ2) is 9.43. The van der Waals surface area contributed by atoms with E-state index in [-0.39, 0.29) is 6.10 Å². The highest BCUT2D eigenvalue weighted by Crippen LogP contribution is 2.36. The topological polar surface area (TPSA) is 86.1 Å². The average molecular weight is 506 g/mol. The Morgan fingerprint density at radius 2 is 1.82 bits per heavy atom. The molecule has 8 heteroatoms. The molecule has 0 bridgehead atoms. The lowest BCUT2D eigenvalue weighted by Crippen LogP contribution is -2.39. The van der Waals surface area contributed by atoms with Gasteiger partial charge in [0, 0.05) is 56.7 Å². The van der Waals surface area contributed by atoms with Crippen molar-refractivity contribution in [3.8, 4) is 34.4 Å². The summed E-state index contributed by atoms with van der Waals surface area (Å²) in [5.41, 5.74) is 7.53. The van der Waals surface area contributed by atoms with E-state index in [0.29, 0.717) is 11.5 Å². The molecule has 1 N–H and O–H groups in total. The fourth-order valence-electron chi connectivity index (χ4n) is 6.31. The minimum Gasteiger partial charge on any atom is -0.393 e. The molecule has 2 saturated heterocycles. The molecule has 0 aliphatic carbocycles. The van der Waals surface area contributed by atoms with E-state index in [0.717, 1.165) is 80.4 Å². The van der Waals surface area contributed by atoms with Crippen LogP contribution in [0.25, 0.3) is 28.3 Å². The van der Waals surface area contributed by atoms with Gasteiger partial charge in [-0.25, -0.2) is 0 Å². The van der Waals surface area contributed by atoms with E-state index in [1.54, 1.807) is 6.33 Å². The van der Waals surface area contributed by atoms with Gasteiger partial charge in [-0.2, -0.15) is 5.26 Å². The molecule has 5 heterocycles. The quantitative estimate of drug-likeness (QED) is 0.399. The SMILES string of the molecule is N#Cc1ccc(-c2cc3n(c2)Cc2cc(N4CCC(CN5CCC(O)CC5)C4)ccc2-n2cnnc2-3)cc1. The molecule has 0 radical (unpaired) electrons. The Balaban J connectivity index is 1.15. The van der Waals surface area contributed by atoms with Crippen LogP contribution in [0.4, 0.5) is 5.69 Å². The number of piperidine rings is 1. The van der Waals surface area contributed by atoms with E-state index >= 15 is 0 Å². The number of rotatable bonds is 4. The van der Waals surface area contributed by atoms with Gasteiger partial charge in [-0.3, -0.25) is 4.57 Å². The van der Waals surface area contributed by atoms with Gasteiger partial charge < -0.3 is 19.5 Å². The molecule has 0 saturated carbocycles. The van der Waals surface area contributed by atoms with Gasteiger partial charge in [0.15, 0.2) is 5.82 Å². The lowest BCUT2D eigenvalue weighted by Gasteiger charge is -2.31. The third-order valence-electron chi connectivity index (χ3n) is 8.41. The van der Waals surface area contributed by atoms with Crippen molar-refractivity contribution in [2.24, 2.45) is 5.92 Å². The zero-order chi connectivity index (χ0) is 25.6. The standard InChI is InChI=1S/C30H31N7O/c31-15-21-1-3-23(4-2-21)24-14-29-30-33-32-20-37(30)28-6-5-26(13-25(28)19-36(29)18-24)35-12-7-22(17-35)16-34-10-8-27(38)9-11-34/h1-6,13-14,18,20,22,27,38H,7-12,16-17,19H2. The number of nitriles is 1. The third-order valence-corrected chi connectivity index (χ3v) is 8.41. The molecule has 1 unspecified atom stereocenters. The van der Waals surface area contributed by atoms with Gasteiger partial charge in [-0.1, -0.05) is 12.1 Å². The van der Waals surface area contributed by atoms with Crippen LogP contribution in [-0.4, -0.2) is 68.2 Å². The second-order valence-corrected chi connectivity index (χ2v) is 10.9. The number of aliphatic hydroxyl groups is 1. The highest BCUT2D eigenvalue weighted by Gasteiger charge is 2.28. The van der Waals surface area contributed by atoms with Gasteiger partial charge in [0.25, 0.3) is 0 Å². The van der Waals surface area contributed by atoms with Crippen molar-refractivity contribution in [2.75, 3.05) is 37.6 Å². The normalized spacial score (nSPS) is 19.5. The highest BCUT2D eigenvalue weighted by atomic mass is 16.3. The first kappa shape index (κ1) is 23.2. The Bertz CT molecular complexity index is 1500. The van der Waals surface area contributed by atoms with Crippen molar-refractivity contribution in [3.63, 3.8) is 0 Å². The number of anilines is 1. The molecule has 8 nitrogen and oxygen atoms in total. The summed E-state index contributed by atoms with van der Waals surface area (Å²) < 4.78 is 4.36. The number of aliphatic hydroxyl groups excluding tert-OH is 1. The fourth-order valence-corrected chi connectivity index (χ4v) is 6.31. The predicted molar refractivity (Wildman–Crippen MR) is 146 cm³/mol. The van der Waals surface area contributed by atoms with E-state index in [2.05, 4.69) is 65.7 Å². The molecule has 0 amide bonds. The Morgan fingerprint density at radius 1 is 0.974 bits per heavy atom. The molecule has 0 spiro atoms. The average Bonchev–Trinajstić information content (AvgIpc) is 3.69. The minimum absolute atomic E-state index is 0.113. The molecule has 7 rings (SSSR count). The zero-order valence-corrected chi connectivity index (χ0v) is 21.4. The molecule has 3 aliphatic rings. The first-order valence-electron chi connectivity index (χ1n) is 13.5. The Labute approximate surface area is 222 Å². The summed E-state index contributed by atoms with van der Waals surface area (Å²) >= 11 is 0. The van der Waals surface area contributed by atoms with Crippen LogP contribution in [0.15, 0.2) is 61.1 Å². The van der Waals surface area contributed by atoms with Crippen LogP contribution in [-0.2, 0) is 6.54 Å². The largest absolute Gasteiger partial charge is 0.393 e. The van der Waals surface area contributed by atoms with E-state index in [1.165, 1.54) is 17.7 Å². The van der Waals surface area contributed by atoms with Crippen molar-refractivity contribution >= 4 is 5.69 Å². The van der Waals surface area contributed by atoms with Gasteiger partial charge in [0.2, 0.25) is 0 Å². The third kappa shape index (κ3) is 4.18. The van der Waals surface area contributed by atoms with E-state index in [9.17, 15) is 5.11 Å². The predicted octanol–water partition coefficient (Wildman–Crippen LogP) is 3.92. The zero-order valence-electron chi connectivity index (χ0n) is 21.4. The molecule has 2 aromatic heterocycles. The molecule has 1 atom stereocenters. The van der Waals surface area contributed by atoms with Crippen molar-refractivity contribution in [3.05, 3.63) is 72.2 Å². The number of likely N-dealkylation sites (tertiary alicyclic amines) is 1. The van der Waals surface area contributed by atoms with Crippen molar-refractivity contribution in [1.29, 1.82) is 5.26 Å². The molecule has 4 aromatic rings. The summed E-state index contributed by atoms with van der Waals surface area (Å²) in [4.78, 5) is 5.06. The lowest BCUT2D eigenvalue weighted by atomic mass is 10.0. The molecule has 192 valence electrons. The van der Waals surface area contributed by atoms with Gasteiger partial charge in [0.05, 0.1) is 29.1 Å². The summed E-state index contributed by atoms with van der Waals surface area (Å²) in [5.74, 6) is 1.50. The molecule has 2 aromatic carbocycles. The number of hydrogen-bond donors (Lipinski definition) is 1. The van der Waals surface area contributed by atoms with Gasteiger partial charge >= 0.3 is 0 Å². The Morgan fingerprint density at radius 3 is 2.63 bits per heavy atom. The monoisotopic (exact) mass is 505 g/mol. The Kier molecular flexibility index (Phi) is 5.76. The minimum atomic E-state index is -0.113. The first-order valence-corrected chi connectivity index (χ1v) is 13.5. The van der Waals surface area contributed by atoms with Crippen LogP contribution in [0.2, 0.25) is 0 Å². The smallest absolute Gasteiger partial charge is 0.185 e. The summed E-state index contributed by atoms with van der Waals surface area (Å²) in [6.07, 6.45) is 6.89. The second-order valence-electron chi connectivity index (χ2n) is 10.9. The lowest BCUT2D eigenvalue weighted by molar-refractivity contribution is 0.0762. The Hall–Kier alpha value is -3.93. The molecular formula is C30H31N7O. The number of nitrogens with zero attached hydrogens (tertiary/aromatic N) is 7. The summed E-state index contributed by atoms with van der Waals surface area (Å²) in [6.45, 7) is 6.07.